The summed E-state index contributed by atoms with van der Waals surface area (Å²) in [5.74, 6) is -0.308. The van der Waals surface area contributed by atoms with Crippen LogP contribution in [0.4, 0.5) is 5.69 Å². The number of anilines is 1. The lowest BCUT2D eigenvalue weighted by Gasteiger charge is -2.31. The van der Waals surface area contributed by atoms with E-state index in [1.807, 2.05) is 70.2 Å². The Bertz CT molecular complexity index is 1090. The molecular formula is C27H39N3O4S. The molecule has 1 atom stereocenters. The molecule has 0 bridgehead atoms. The summed E-state index contributed by atoms with van der Waals surface area (Å²) in [5, 5.41) is 2.84. The zero-order valence-corrected chi connectivity index (χ0v) is 22.4. The Morgan fingerprint density at radius 2 is 1.66 bits per heavy atom. The molecule has 0 spiro atoms. The van der Waals surface area contributed by atoms with E-state index in [0.29, 0.717) is 38.0 Å². The van der Waals surface area contributed by atoms with E-state index in [2.05, 4.69) is 5.32 Å². The minimum atomic E-state index is -3.51. The van der Waals surface area contributed by atoms with Crippen LogP contribution in [0.15, 0.2) is 48.5 Å². The number of carbonyl (C=O) groups excluding carboxylic acids is 2. The molecule has 0 heterocycles. The van der Waals surface area contributed by atoms with Crippen molar-refractivity contribution in [3.05, 3.63) is 65.2 Å². The van der Waals surface area contributed by atoms with Crippen LogP contribution in [0.25, 0.3) is 0 Å². The van der Waals surface area contributed by atoms with Gasteiger partial charge in [0.15, 0.2) is 0 Å². The summed E-state index contributed by atoms with van der Waals surface area (Å²) < 4.78 is 26.3. The standard InChI is InChI=1S/C27H39N3O4S/c1-6-25(27(32)28-7-2)29(19-17-23-12-9-8-10-13-23)26(31)14-11-18-30(35(5,33)34)24-16-15-21(3)22(4)20-24/h8-10,12-13,15-16,20,25H,6-7,11,14,17-19H2,1-5H3,(H,28,32). The smallest absolute Gasteiger partial charge is 0.242 e. The molecule has 192 valence electrons. The predicted molar refractivity (Wildman–Crippen MR) is 142 cm³/mol. The molecule has 1 N–H and O–H groups in total. The number of nitrogens with one attached hydrogen (secondary N) is 1. The number of benzene rings is 2. The maximum absolute atomic E-state index is 13.3. The number of hydrogen-bond donors (Lipinski definition) is 1. The highest BCUT2D eigenvalue weighted by Crippen LogP contribution is 2.22. The van der Waals surface area contributed by atoms with Crippen LogP contribution in [0.2, 0.25) is 0 Å². The molecule has 1 unspecified atom stereocenters. The van der Waals surface area contributed by atoms with Gasteiger partial charge in [-0.25, -0.2) is 8.42 Å². The van der Waals surface area contributed by atoms with E-state index in [-0.39, 0.29) is 24.8 Å². The van der Waals surface area contributed by atoms with Crippen molar-refractivity contribution in [2.24, 2.45) is 0 Å². The summed E-state index contributed by atoms with van der Waals surface area (Å²) in [4.78, 5) is 27.7. The highest BCUT2D eigenvalue weighted by Gasteiger charge is 2.28. The molecule has 2 rings (SSSR count). The van der Waals surface area contributed by atoms with E-state index in [9.17, 15) is 18.0 Å². The Morgan fingerprint density at radius 1 is 0.971 bits per heavy atom. The van der Waals surface area contributed by atoms with Crippen molar-refractivity contribution >= 4 is 27.5 Å². The van der Waals surface area contributed by atoms with Crippen LogP contribution in [0.3, 0.4) is 0 Å². The molecule has 8 heteroatoms. The van der Waals surface area contributed by atoms with Crippen molar-refractivity contribution in [3.63, 3.8) is 0 Å². The Balaban J connectivity index is 2.15. The number of hydrogen-bond acceptors (Lipinski definition) is 4. The molecule has 0 aromatic heterocycles. The Morgan fingerprint density at radius 3 is 2.23 bits per heavy atom. The van der Waals surface area contributed by atoms with Gasteiger partial charge in [-0.1, -0.05) is 43.3 Å². The maximum atomic E-state index is 13.3. The van der Waals surface area contributed by atoms with E-state index in [1.165, 1.54) is 10.6 Å². The van der Waals surface area contributed by atoms with Crippen molar-refractivity contribution in [1.29, 1.82) is 0 Å². The van der Waals surface area contributed by atoms with Gasteiger partial charge in [0.1, 0.15) is 6.04 Å². The van der Waals surface area contributed by atoms with Crippen molar-refractivity contribution in [1.82, 2.24) is 10.2 Å². The minimum Gasteiger partial charge on any atom is -0.355 e. The third-order valence-electron chi connectivity index (χ3n) is 6.15. The Hall–Kier alpha value is -2.87. The fourth-order valence-electron chi connectivity index (χ4n) is 4.07. The van der Waals surface area contributed by atoms with Gasteiger partial charge >= 0.3 is 0 Å². The van der Waals surface area contributed by atoms with Crippen LogP contribution in [-0.4, -0.2) is 57.1 Å². The zero-order chi connectivity index (χ0) is 26.0. The molecular weight excluding hydrogens is 462 g/mol. The van der Waals surface area contributed by atoms with Crippen molar-refractivity contribution < 1.29 is 18.0 Å². The van der Waals surface area contributed by atoms with Gasteiger partial charge in [0.25, 0.3) is 0 Å². The quantitative estimate of drug-likeness (QED) is 0.452. The van der Waals surface area contributed by atoms with Gasteiger partial charge in [-0.05, 0) is 68.9 Å². The second kappa shape index (κ2) is 13.3. The first-order valence-corrected chi connectivity index (χ1v) is 14.1. The number of sulfonamides is 1. The monoisotopic (exact) mass is 501 g/mol. The normalized spacial score (nSPS) is 12.1. The summed E-state index contributed by atoms with van der Waals surface area (Å²) in [7, 11) is -3.51. The molecule has 2 aromatic rings. The van der Waals surface area contributed by atoms with Crippen molar-refractivity contribution in [3.8, 4) is 0 Å². The van der Waals surface area contributed by atoms with Crippen LogP contribution >= 0.6 is 0 Å². The Labute approximate surface area is 210 Å². The van der Waals surface area contributed by atoms with E-state index in [4.69, 9.17) is 0 Å². The minimum absolute atomic E-state index is 0.146. The molecule has 7 nitrogen and oxygen atoms in total. The molecule has 35 heavy (non-hydrogen) atoms. The fraction of sp³-hybridized carbons (Fsp3) is 0.481. The SMILES string of the molecule is CCNC(=O)C(CC)N(CCc1ccccc1)C(=O)CCCN(c1ccc(C)c(C)c1)S(C)(=O)=O. The van der Waals surface area contributed by atoms with Gasteiger partial charge < -0.3 is 10.2 Å². The number of aryl methyl sites for hydroxylation is 2. The van der Waals surface area contributed by atoms with E-state index in [0.717, 1.165) is 16.7 Å². The summed E-state index contributed by atoms with van der Waals surface area (Å²) in [6.07, 6.45) is 2.83. The highest BCUT2D eigenvalue weighted by molar-refractivity contribution is 7.92. The largest absolute Gasteiger partial charge is 0.355 e. The third-order valence-corrected chi connectivity index (χ3v) is 7.35. The first kappa shape index (κ1) is 28.4. The molecule has 0 aliphatic carbocycles. The molecule has 0 radical (unpaired) electrons. The second-order valence-electron chi connectivity index (χ2n) is 8.85. The first-order chi connectivity index (χ1) is 16.6. The maximum Gasteiger partial charge on any atom is 0.242 e. The van der Waals surface area contributed by atoms with Gasteiger partial charge in [-0.3, -0.25) is 13.9 Å². The molecule has 0 aliphatic rings. The molecule has 2 aromatic carbocycles. The Kier molecular flexibility index (Phi) is 10.8. The topological polar surface area (TPSA) is 86.8 Å². The third kappa shape index (κ3) is 8.38. The van der Waals surface area contributed by atoms with Gasteiger partial charge in [-0.2, -0.15) is 0 Å². The average molecular weight is 502 g/mol. The summed E-state index contributed by atoms with van der Waals surface area (Å²) in [6.45, 7) is 8.78. The van der Waals surface area contributed by atoms with E-state index in [1.54, 1.807) is 11.0 Å². The molecule has 2 amide bonds. The van der Waals surface area contributed by atoms with Gasteiger partial charge in [-0.15, -0.1) is 0 Å². The number of rotatable bonds is 13. The van der Waals surface area contributed by atoms with Crippen LogP contribution in [0.5, 0.6) is 0 Å². The number of nitrogens with zero attached hydrogens (tertiary/aromatic N) is 2. The molecule has 0 saturated heterocycles. The molecule has 0 aliphatic heterocycles. The van der Waals surface area contributed by atoms with E-state index < -0.39 is 16.1 Å². The summed E-state index contributed by atoms with van der Waals surface area (Å²) in [5.41, 5.74) is 3.78. The summed E-state index contributed by atoms with van der Waals surface area (Å²) >= 11 is 0. The van der Waals surface area contributed by atoms with Crippen LogP contribution in [-0.2, 0) is 26.0 Å². The summed E-state index contributed by atoms with van der Waals surface area (Å²) in [6, 6.07) is 14.8. The lowest BCUT2D eigenvalue weighted by Crippen LogP contribution is -2.50. The number of carbonyl (C=O) groups is 2. The second-order valence-corrected chi connectivity index (χ2v) is 10.8. The predicted octanol–water partition coefficient (Wildman–Crippen LogP) is 3.84. The highest BCUT2D eigenvalue weighted by atomic mass is 32.2. The number of likely N-dealkylation sites (N-methyl/N-ethyl adjacent to an activating group) is 1. The van der Waals surface area contributed by atoms with Crippen molar-refractivity contribution in [2.45, 2.75) is 59.4 Å². The average Bonchev–Trinajstić information content (AvgIpc) is 2.81. The lowest BCUT2D eigenvalue weighted by atomic mass is 10.1. The van der Waals surface area contributed by atoms with Crippen LogP contribution in [0, 0.1) is 13.8 Å². The van der Waals surface area contributed by atoms with Crippen LogP contribution < -0.4 is 9.62 Å². The van der Waals surface area contributed by atoms with Crippen LogP contribution in [0.1, 0.15) is 49.8 Å². The molecule has 0 fully saturated rings. The molecule has 0 saturated carbocycles. The van der Waals surface area contributed by atoms with Gasteiger partial charge in [0.2, 0.25) is 21.8 Å². The zero-order valence-electron chi connectivity index (χ0n) is 21.6. The fourth-order valence-corrected chi connectivity index (χ4v) is 5.03. The van der Waals surface area contributed by atoms with Crippen molar-refractivity contribution in [2.75, 3.05) is 30.2 Å². The number of amides is 2. The van der Waals surface area contributed by atoms with E-state index >= 15 is 0 Å². The van der Waals surface area contributed by atoms with Gasteiger partial charge in [0.05, 0.1) is 11.9 Å². The van der Waals surface area contributed by atoms with Gasteiger partial charge in [0, 0.05) is 26.1 Å². The lowest BCUT2D eigenvalue weighted by molar-refractivity contribution is -0.140. The first-order valence-electron chi connectivity index (χ1n) is 12.2.